The van der Waals surface area contributed by atoms with Crippen LogP contribution in [0, 0.1) is 5.82 Å². The fraction of sp³-hybridized carbons (Fsp3) is 0.533. The van der Waals surface area contributed by atoms with Crippen LogP contribution in [0.2, 0.25) is 0 Å². The first-order valence-corrected chi connectivity index (χ1v) is 8.02. The van der Waals surface area contributed by atoms with Gasteiger partial charge < -0.3 is 9.64 Å². The van der Waals surface area contributed by atoms with E-state index in [1.165, 1.54) is 12.1 Å². The molecule has 0 bridgehead atoms. The summed E-state index contributed by atoms with van der Waals surface area (Å²) < 4.78 is 19.3. The largest absolute Gasteiger partial charge is 0.379 e. The maximum absolute atomic E-state index is 13.4. The van der Waals surface area contributed by atoms with Crippen molar-refractivity contribution in [2.24, 2.45) is 0 Å². The SMILES string of the molecule is O=C1c2c(Br)cc(F)cc2CN1CCCN1CCOCC1. The summed E-state index contributed by atoms with van der Waals surface area (Å²) in [6.45, 7) is 5.70. The number of amides is 1. The highest BCUT2D eigenvalue weighted by atomic mass is 79.9. The van der Waals surface area contributed by atoms with Gasteiger partial charge in [-0.05, 0) is 40.0 Å². The Morgan fingerprint density at radius 1 is 1.24 bits per heavy atom. The second kappa shape index (κ2) is 6.42. The molecular weight excluding hydrogens is 339 g/mol. The highest BCUT2D eigenvalue weighted by Gasteiger charge is 2.29. The lowest BCUT2D eigenvalue weighted by Gasteiger charge is -2.27. The zero-order valence-corrected chi connectivity index (χ0v) is 13.4. The number of hydrogen-bond donors (Lipinski definition) is 0. The predicted molar refractivity (Wildman–Crippen MR) is 80.7 cm³/mol. The molecule has 0 radical (unpaired) electrons. The molecule has 0 spiro atoms. The lowest BCUT2D eigenvalue weighted by molar-refractivity contribution is 0.0358. The molecule has 0 aliphatic carbocycles. The Kier molecular flexibility index (Phi) is 4.57. The smallest absolute Gasteiger partial charge is 0.255 e. The summed E-state index contributed by atoms with van der Waals surface area (Å²) in [7, 11) is 0. The Bertz CT molecular complexity index is 547. The van der Waals surface area contributed by atoms with E-state index in [9.17, 15) is 9.18 Å². The molecular formula is C15H18BrFN2O2. The summed E-state index contributed by atoms with van der Waals surface area (Å²) in [5, 5.41) is 0. The molecule has 2 aliphatic heterocycles. The lowest BCUT2D eigenvalue weighted by atomic mass is 10.1. The second-order valence-corrected chi connectivity index (χ2v) is 6.31. The Morgan fingerprint density at radius 2 is 2.00 bits per heavy atom. The molecule has 2 aliphatic rings. The van der Waals surface area contributed by atoms with Crippen LogP contribution in [0.5, 0.6) is 0 Å². The summed E-state index contributed by atoms with van der Waals surface area (Å²) >= 11 is 3.29. The molecule has 21 heavy (non-hydrogen) atoms. The van der Waals surface area contributed by atoms with Crippen LogP contribution in [0.1, 0.15) is 22.3 Å². The average Bonchev–Trinajstić information content (AvgIpc) is 2.76. The number of morpholine rings is 1. The number of benzene rings is 1. The first kappa shape index (κ1) is 14.9. The summed E-state index contributed by atoms with van der Waals surface area (Å²) in [4.78, 5) is 16.5. The van der Waals surface area contributed by atoms with Crippen LogP contribution >= 0.6 is 15.9 Å². The first-order valence-electron chi connectivity index (χ1n) is 7.22. The fourth-order valence-electron chi connectivity index (χ4n) is 2.92. The van der Waals surface area contributed by atoms with Gasteiger partial charge in [0.25, 0.3) is 5.91 Å². The number of halogens is 2. The van der Waals surface area contributed by atoms with Gasteiger partial charge in [-0.3, -0.25) is 9.69 Å². The van der Waals surface area contributed by atoms with Gasteiger partial charge in [0, 0.05) is 37.2 Å². The highest BCUT2D eigenvalue weighted by Crippen LogP contribution is 2.30. The van der Waals surface area contributed by atoms with E-state index in [1.54, 1.807) is 4.90 Å². The Hall–Kier alpha value is -0.980. The fourth-order valence-corrected chi connectivity index (χ4v) is 3.56. The maximum atomic E-state index is 13.4. The van der Waals surface area contributed by atoms with Crippen LogP contribution in [0.15, 0.2) is 16.6 Å². The van der Waals surface area contributed by atoms with Crippen LogP contribution in [-0.4, -0.2) is 55.1 Å². The molecule has 1 fully saturated rings. The van der Waals surface area contributed by atoms with Crippen molar-refractivity contribution in [1.82, 2.24) is 9.80 Å². The van der Waals surface area contributed by atoms with E-state index >= 15 is 0 Å². The monoisotopic (exact) mass is 356 g/mol. The average molecular weight is 357 g/mol. The van der Waals surface area contributed by atoms with E-state index in [2.05, 4.69) is 20.8 Å². The topological polar surface area (TPSA) is 32.8 Å². The molecule has 0 aromatic heterocycles. The van der Waals surface area contributed by atoms with Crippen LogP contribution in [0.3, 0.4) is 0 Å². The first-order chi connectivity index (χ1) is 10.1. The van der Waals surface area contributed by atoms with Crippen molar-refractivity contribution in [3.05, 3.63) is 33.5 Å². The molecule has 0 atom stereocenters. The molecule has 0 saturated carbocycles. The summed E-state index contributed by atoms with van der Waals surface area (Å²) in [5.74, 6) is -0.303. The third kappa shape index (κ3) is 3.27. The molecule has 6 heteroatoms. The third-order valence-electron chi connectivity index (χ3n) is 4.01. The number of carbonyl (C=O) groups is 1. The van der Waals surface area contributed by atoms with Crippen molar-refractivity contribution in [3.8, 4) is 0 Å². The summed E-state index contributed by atoms with van der Waals surface area (Å²) in [5.41, 5.74) is 1.39. The number of ether oxygens (including phenoxy) is 1. The van der Waals surface area contributed by atoms with Crippen molar-refractivity contribution in [1.29, 1.82) is 0 Å². The molecule has 1 amide bonds. The standard InChI is InChI=1S/C15H18BrFN2O2/c16-13-9-12(17)8-11-10-19(15(20)14(11)13)3-1-2-18-4-6-21-7-5-18/h8-9H,1-7,10H2. The highest BCUT2D eigenvalue weighted by molar-refractivity contribution is 9.10. The van der Waals surface area contributed by atoms with Gasteiger partial charge in [-0.25, -0.2) is 4.39 Å². The van der Waals surface area contributed by atoms with Crippen molar-refractivity contribution in [2.45, 2.75) is 13.0 Å². The normalized spacial score (nSPS) is 19.1. The lowest BCUT2D eigenvalue weighted by Crippen LogP contribution is -2.38. The van der Waals surface area contributed by atoms with Gasteiger partial charge in [-0.2, -0.15) is 0 Å². The van der Waals surface area contributed by atoms with Gasteiger partial charge in [0.15, 0.2) is 0 Å². The van der Waals surface area contributed by atoms with Crippen molar-refractivity contribution in [2.75, 3.05) is 39.4 Å². The van der Waals surface area contributed by atoms with E-state index in [0.717, 1.165) is 44.8 Å². The molecule has 4 nitrogen and oxygen atoms in total. The minimum atomic E-state index is -0.302. The molecule has 3 rings (SSSR count). The van der Waals surface area contributed by atoms with E-state index in [-0.39, 0.29) is 11.7 Å². The van der Waals surface area contributed by atoms with Crippen molar-refractivity contribution >= 4 is 21.8 Å². The Labute approximate surface area is 132 Å². The molecule has 2 heterocycles. The second-order valence-electron chi connectivity index (χ2n) is 5.46. The van der Waals surface area contributed by atoms with Crippen LogP contribution in [0.25, 0.3) is 0 Å². The number of carbonyl (C=O) groups excluding carboxylic acids is 1. The van der Waals surface area contributed by atoms with E-state index < -0.39 is 0 Å². The van der Waals surface area contributed by atoms with Gasteiger partial charge in [-0.1, -0.05) is 0 Å². The van der Waals surface area contributed by atoms with E-state index in [1.807, 2.05) is 0 Å². The molecule has 0 unspecified atom stereocenters. The van der Waals surface area contributed by atoms with E-state index in [4.69, 9.17) is 4.74 Å². The van der Waals surface area contributed by atoms with Gasteiger partial charge in [-0.15, -0.1) is 0 Å². The van der Waals surface area contributed by atoms with Gasteiger partial charge >= 0.3 is 0 Å². The zero-order valence-electron chi connectivity index (χ0n) is 11.8. The maximum Gasteiger partial charge on any atom is 0.255 e. The molecule has 0 N–H and O–H groups in total. The van der Waals surface area contributed by atoms with Crippen LogP contribution in [0.4, 0.5) is 4.39 Å². The third-order valence-corrected chi connectivity index (χ3v) is 4.63. The summed E-state index contributed by atoms with van der Waals surface area (Å²) in [6, 6.07) is 2.81. The van der Waals surface area contributed by atoms with Crippen LogP contribution < -0.4 is 0 Å². The number of nitrogens with zero attached hydrogens (tertiary/aromatic N) is 2. The van der Waals surface area contributed by atoms with Gasteiger partial charge in [0.1, 0.15) is 5.82 Å². The number of hydrogen-bond acceptors (Lipinski definition) is 3. The number of rotatable bonds is 4. The van der Waals surface area contributed by atoms with Gasteiger partial charge in [0.05, 0.1) is 18.8 Å². The molecule has 114 valence electrons. The summed E-state index contributed by atoms with van der Waals surface area (Å²) in [6.07, 6.45) is 0.930. The van der Waals surface area contributed by atoms with Crippen molar-refractivity contribution < 1.29 is 13.9 Å². The predicted octanol–water partition coefficient (Wildman–Crippen LogP) is 2.27. The zero-order chi connectivity index (χ0) is 14.8. The Balaban J connectivity index is 1.56. The minimum Gasteiger partial charge on any atom is -0.379 e. The van der Waals surface area contributed by atoms with Gasteiger partial charge in [0.2, 0.25) is 0 Å². The number of fused-ring (bicyclic) bond motifs is 1. The van der Waals surface area contributed by atoms with Crippen molar-refractivity contribution in [3.63, 3.8) is 0 Å². The van der Waals surface area contributed by atoms with Crippen LogP contribution in [-0.2, 0) is 11.3 Å². The minimum absolute atomic E-state index is 0.00106. The van der Waals surface area contributed by atoms with E-state index in [0.29, 0.717) is 23.1 Å². The molecule has 1 aromatic rings. The Morgan fingerprint density at radius 3 is 2.76 bits per heavy atom. The quantitative estimate of drug-likeness (QED) is 0.829. The molecule has 1 aromatic carbocycles. The molecule has 1 saturated heterocycles.